The van der Waals surface area contributed by atoms with Gasteiger partial charge in [0, 0.05) is 4.43 Å². The maximum atomic E-state index is 10.2. The SMILES string of the molecule is O=C=NC1CCC(CI)C(N=C=O)C1. The van der Waals surface area contributed by atoms with Crippen LogP contribution >= 0.6 is 22.6 Å². The lowest BCUT2D eigenvalue weighted by molar-refractivity contribution is 0.309. The van der Waals surface area contributed by atoms with Gasteiger partial charge in [0.05, 0.1) is 12.1 Å². The van der Waals surface area contributed by atoms with Gasteiger partial charge in [0.25, 0.3) is 0 Å². The van der Waals surface area contributed by atoms with Crippen LogP contribution in [-0.4, -0.2) is 28.7 Å². The van der Waals surface area contributed by atoms with Gasteiger partial charge in [0.2, 0.25) is 12.2 Å². The minimum Gasteiger partial charge on any atom is -0.211 e. The van der Waals surface area contributed by atoms with E-state index in [4.69, 9.17) is 0 Å². The number of rotatable bonds is 3. The lowest BCUT2D eigenvalue weighted by Gasteiger charge is -2.29. The maximum Gasteiger partial charge on any atom is 0.235 e. The molecule has 0 saturated heterocycles. The summed E-state index contributed by atoms with van der Waals surface area (Å²) in [6, 6.07) is -0.0194. The molecule has 1 aliphatic carbocycles. The molecule has 0 aromatic carbocycles. The van der Waals surface area contributed by atoms with Crippen LogP contribution in [0.4, 0.5) is 0 Å². The molecule has 14 heavy (non-hydrogen) atoms. The molecule has 0 spiro atoms. The molecule has 0 aromatic rings. The fourth-order valence-corrected chi connectivity index (χ4v) is 2.81. The number of alkyl halides is 1. The zero-order chi connectivity index (χ0) is 10.4. The Kier molecular flexibility index (Phi) is 5.01. The molecule has 0 aromatic heterocycles. The molecular formula is C9H11IN2O2. The molecular weight excluding hydrogens is 295 g/mol. The van der Waals surface area contributed by atoms with Crippen LogP contribution in [0.5, 0.6) is 0 Å². The smallest absolute Gasteiger partial charge is 0.211 e. The highest BCUT2D eigenvalue weighted by molar-refractivity contribution is 14.1. The molecule has 0 heterocycles. The number of hydrogen-bond donors (Lipinski definition) is 0. The highest BCUT2D eigenvalue weighted by Crippen LogP contribution is 2.29. The first kappa shape index (κ1) is 11.6. The molecule has 3 atom stereocenters. The van der Waals surface area contributed by atoms with Crippen molar-refractivity contribution in [2.24, 2.45) is 15.9 Å². The lowest BCUT2D eigenvalue weighted by atomic mass is 9.83. The van der Waals surface area contributed by atoms with E-state index in [1.54, 1.807) is 12.2 Å². The van der Waals surface area contributed by atoms with Crippen LogP contribution in [0.2, 0.25) is 0 Å². The van der Waals surface area contributed by atoms with Crippen molar-refractivity contribution in [3.05, 3.63) is 0 Å². The van der Waals surface area contributed by atoms with Gasteiger partial charge in [-0.25, -0.2) is 19.6 Å². The summed E-state index contributed by atoms with van der Waals surface area (Å²) in [5.41, 5.74) is 0. The van der Waals surface area contributed by atoms with E-state index in [9.17, 15) is 9.59 Å². The Morgan fingerprint density at radius 2 is 1.93 bits per heavy atom. The Morgan fingerprint density at radius 3 is 2.50 bits per heavy atom. The average molecular weight is 306 g/mol. The van der Waals surface area contributed by atoms with Gasteiger partial charge in [-0.3, -0.25) is 0 Å². The second-order valence-corrected chi connectivity index (χ2v) is 4.27. The Hall–Kier alpha value is -0.510. The van der Waals surface area contributed by atoms with Crippen molar-refractivity contribution < 1.29 is 9.59 Å². The molecule has 3 unspecified atom stereocenters. The molecule has 0 amide bonds. The monoisotopic (exact) mass is 306 g/mol. The van der Waals surface area contributed by atoms with Gasteiger partial charge >= 0.3 is 0 Å². The fourth-order valence-electron chi connectivity index (χ4n) is 1.79. The average Bonchev–Trinajstić information content (AvgIpc) is 2.19. The summed E-state index contributed by atoms with van der Waals surface area (Å²) in [5, 5.41) is 0. The number of hydrogen-bond acceptors (Lipinski definition) is 4. The normalized spacial score (nSPS) is 31.4. The molecule has 0 aliphatic heterocycles. The van der Waals surface area contributed by atoms with E-state index in [1.165, 1.54) is 0 Å². The van der Waals surface area contributed by atoms with Crippen molar-refractivity contribution in [3.8, 4) is 0 Å². The van der Waals surface area contributed by atoms with Crippen LogP contribution in [0.1, 0.15) is 19.3 Å². The molecule has 1 saturated carbocycles. The summed E-state index contributed by atoms with van der Waals surface area (Å²) in [6.07, 6.45) is 5.70. The quantitative estimate of drug-likeness (QED) is 0.344. The number of nitrogens with zero attached hydrogens (tertiary/aromatic N) is 2. The van der Waals surface area contributed by atoms with Crippen LogP contribution < -0.4 is 0 Å². The first-order valence-corrected chi connectivity index (χ1v) is 6.04. The van der Waals surface area contributed by atoms with E-state index in [0.717, 1.165) is 17.3 Å². The Balaban J connectivity index is 2.65. The predicted molar refractivity (Wildman–Crippen MR) is 60.0 cm³/mol. The Bertz CT molecular complexity index is 283. The summed E-state index contributed by atoms with van der Waals surface area (Å²) >= 11 is 2.29. The Morgan fingerprint density at radius 1 is 1.21 bits per heavy atom. The molecule has 1 fully saturated rings. The van der Waals surface area contributed by atoms with Crippen molar-refractivity contribution in [3.63, 3.8) is 0 Å². The number of aliphatic imine (C=N–C) groups is 2. The number of carbonyl (C=O) groups excluding carboxylic acids is 2. The largest absolute Gasteiger partial charge is 0.235 e. The standard InChI is InChI=1S/C9H11IN2O2/c10-4-7-1-2-8(11-5-13)3-9(7)12-6-14/h7-9H,1-4H2. The second kappa shape index (κ2) is 6.06. The van der Waals surface area contributed by atoms with Crippen molar-refractivity contribution in [1.29, 1.82) is 0 Å². The number of isocyanates is 2. The van der Waals surface area contributed by atoms with Crippen LogP contribution in [0.15, 0.2) is 9.98 Å². The molecule has 5 heteroatoms. The van der Waals surface area contributed by atoms with Gasteiger partial charge in [0.1, 0.15) is 0 Å². The van der Waals surface area contributed by atoms with Gasteiger partial charge in [-0.1, -0.05) is 22.6 Å². The third kappa shape index (κ3) is 3.01. The third-order valence-electron chi connectivity index (χ3n) is 2.58. The Labute approximate surface area is 96.0 Å². The van der Waals surface area contributed by atoms with Gasteiger partial charge in [-0.2, -0.15) is 0 Å². The molecule has 1 rings (SSSR count). The molecule has 1 aliphatic rings. The van der Waals surface area contributed by atoms with E-state index in [-0.39, 0.29) is 12.1 Å². The van der Waals surface area contributed by atoms with Gasteiger partial charge < -0.3 is 0 Å². The van der Waals surface area contributed by atoms with E-state index in [1.807, 2.05) is 0 Å². The van der Waals surface area contributed by atoms with Crippen LogP contribution in [0.25, 0.3) is 0 Å². The summed E-state index contributed by atoms with van der Waals surface area (Å²) in [5.74, 6) is 0.426. The minimum atomic E-state index is -0.0137. The van der Waals surface area contributed by atoms with Crippen molar-refractivity contribution in [1.82, 2.24) is 0 Å². The first-order chi connectivity index (χ1) is 6.81. The van der Waals surface area contributed by atoms with Gasteiger partial charge in [-0.05, 0) is 25.2 Å². The predicted octanol–water partition coefficient (Wildman–Crippen LogP) is 1.63. The maximum absolute atomic E-state index is 10.2. The minimum absolute atomic E-state index is 0.00574. The third-order valence-corrected chi connectivity index (χ3v) is 3.71. The van der Waals surface area contributed by atoms with E-state index in [2.05, 4.69) is 32.6 Å². The molecule has 76 valence electrons. The van der Waals surface area contributed by atoms with E-state index >= 15 is 0 Å². The van der Waals surface area contributed by atoms with Gasteiger partial charge in [0.15, 0.2) is 0 Å². The van der Waals surface area contributed by atoms with Crippen LogP contribution in [0, 0.1) is 5.92 Å². The molecule has 0 N–H and O–H groups in total. The zero-order valence-corrected chi connectivity index (χ0v) is 9.81. The lowest BCUT2D eigenvalue weighted by Crippen LogP contribution is -2.31. The van der Waals surface area contributed by atoms with Crippen LogP contribution in [-0.2, 0) is 9.59 Å². The fraction of sp³-hybridized carbons (Fsp3) is 0.778. The van der Waals surface area contributed by atoms with Crippen molar-refractivity contribution >= 4 is 34.8 Å². The summed E-state index contributed by atoms with van der Waals surface area (Å²) in [7, 11) is 0. The number of halogens is 1. The zero-order valence-electron chi connectivity index (χ0n) is 7.65. The molecule has 0 radical (unpaired) electrons. The second-order valence-electron chi connectivity index (χ2n) is 3.39. The summed E-state index contributed by atoms with van der Waals surface area (Å²) in [4.78, 5) is 27.7. The van der Waals surface area contributed by atoms with E-state index < -0.39 is 0 Å². The highest BCUT2D eigenvalue weighted by Gasteiger charge is 2.29. The summed E-state index contributed by atoms with van der Waals surface area (Å²) < 4.78 is 0.977. The highest BCUT2D eigenvalue weighted by atomic mass is 127. The van der Waals surface area contributed by atoms with Crippen molar-refractivity contribution in [2.45, 2.75) is 31.3 Å². The first-order valence-electron chi connectivity index (χ1n) is 4.51. The van der Waals surface area contributed by atoms with Crippen LogP contribution in [0.3, 0.4) is 0 Å². The van der Waals surface area contributed by atoms with E-state index in [0.29, 0.717) is 12.3 Å². The molecule has 4 nitrogen and oxygen atoms in total. The topological polar surface area (TPSA) is 58.9 Å². The molecule has 0 bridgehead atoms. The summed E-state index contributed by atoms with van der Waals surface area (Å²) in [6.45, 7) is 0. The van der Waals surface area contributed by atoms with Gasteiger partial charge in [-0.15, -0.1) is 0 Å². The van der Waals surface area contributed by atoms with Crippen molar-refractivity contribution in [2.75, 3.05) is 4.43 Å².